The van der Waals surface area contributed by atoms with Crippen LogP contribution in [0.3, 0.4) is 0 Å². The number of esters is 1. The van der Waals surface area contributed by atoms with Crippen LogP contribution in [0.2, 0.25) is 0 Å². The highest BCUT2D eigenvalue weighted by atomic mass is 32.1. The zero-order chi connectivity index (χ0) is 22.8. The van der Waals surface area contributed by atoms with Crippen molar-refractivity contribution < 1.29 is 23.1 Å². The predicted molar refractivity (Wildman–Crippen MR) is 116 cm³/mol. The number of aromatic nitrogens is 2. The number of hydrogen-bond acceptors (Lipinski definition) is 7. The molecule has 0 saturated carbocycles. The Hall–Kier alpha value is -3.79. The molecule has 0 N–H and O–H groups in total. The average molecular weight is 455 g/mol. The fourth-order valence-corrected chi connectivity index (χ4v) is 4.09. The first-order valence-corrected chi connectivity index (χ1v) is 10.5. The Balaban J connectivity index is 1.49. The number of nitrogens with zero attached hydrogens (tertiary/aromatic N) is 3. The molecule has 1 amide bonds. The third-order valence-electron chi connectivity index (χ3n) is 4.75. The summed E-state index contributed by atoms with van der Waals surface area (Å²) < 4.78 is 25.9. The van der Waals surface area contributed by atoms with Crippen molar-refractivity contribution in [3.8, 4) is 0 Å². The molecule has 0 spiro atoms. The fraction of sp³-hybridized carbons (Fsp3) is 0.182. The van der Waals surface area contributed by atoms with E-state index in [4.69, 9.17) is 9.15 Å². The minimum Gasteiger partial charge on any atom is -0.458 e. The molecule has 32 heavy (non-hydrogen) atoms. The molecule has 0 bridgehead atoms. The average Bonchev–Trinajstić information content (AvgIpc) is 3.36. The quantitative estimate of drug-likeness (QED) is 0.405. The number of ether oxygens (including phenoxy) is 1. The molecule has 0 saturated heterocycles. The third-order valence-corrected chi connectivity index (χ3v) is 5.62. The van der Waals surface area contributed by atoms with Crippen molar-refractivity contribution in [3.05, 3.63) is 76.0 Å². The van der Waals surface area contributed by atoms with Crippen LogP contribution in [0.1, 0.15) is 25.6 Å². The van der Waals surface area contributed by atoms with Gasteiger partial charge in [0, 0.05) is 12.3 Å². The summed E-state index contributed by atoms with van der Waals surface area (Å²) in [4.78, 5) is 42.3. The minimum absolute atomic E-state index is 0.0812. The number of rotatable bonds is 6. The molecule has 2 aromatic heterocycles. The summed E-state index contributed by atoms with van der Waals surface area (Å²) in [6, 6.07) is 11.7. The van der Waals surface area contributed by atoms with Gasteiger partial charge in [-0.2, -0.15) is 0 Å². The van der Waals surface area contributed by atoms with Gasteiger partial charge in [0.2, 0.25) is 5.91 Å². The summed E-state index contributed by atoms with van der Waals surface area (Å²) >= 11 is 1.12. The van der Waals surface area contributed by atoms with Crippen molar-refractivity contribution in [1.29, 1.82) is 0 Å². The number of fused-ring (bicyclic) bond motifs is 1. The van der Waals surface area contributed by atoms with Crippen LogP contribution in [0.4, 0.5) is 15.2 Å². The van der Waals surface area contributed by atoms with Gasteiger partial charge in [0.25, 0.3) is 0 Å². The first-order valence-electron chi connectivity index (χ1n) is 9.63. The first-order chi connectivity index (χ1) is 15.4. The second-order valence-corrected chi connectivity index (χ2v) is 7.75. The number of carbonyl (C=O) groups excluding carboxylic acids is 2. The van der Waals surface area contributed by atoms with E-state index in [1.54, 1.807) is 35.7 Å². The second kappa shape index (κ2) is 8.75. The van der Waals surface area contributed by atoms with E-state index in [0.717, 1.165) is 16.2 Å². The summed E-state index contributed by atoms with van der Waals surface area (Å²) in [6.45, 7) is 2.67. The van der Waals surface area contributed by atoms with Crippen LogP contribution >= 0.6 is 11.3 Å². The van der Waals surface area contributed by atoms with Crippen LogP contribution in [-0.4, -0.2) is 21.4 Å². The summed E-state index contributed by atoms with van der Waals surface area (Å²) in [5, 5.41) is 1.86. The Bertz CT molecular complexity index is 1360. The van der Waals surface area contributed by atoms with Crippen molar-refractivity contribution in [2.45, 2.75) is 26.5 Å². The number of thiazole rings is 1. The molecule has 4 aromatic rings. The molecule has 0 unspecified atom stereocenters. The van der Waals surface area contributed by atoms with E-state index in [0.29, 0.717) is 16.8 Å². The molecule has 0 fully saturated rings. The van der Waals surface area contributed by atoms with Crippen LogP contribution in [0.5, 0.6) is 0 Å². The standard InChI is InChI=1S/C22H18FN3O5S/c1-13(25-18-9-5-6-10-19(18)31-22(25)29)20(28)30-11-15-12-32-21(24-15)26(14(2)27)17-8-4-3-7-16(17)23/h3-10,12-13H,11H2,1-2H3/t13-/m0/s1. The lowest BCUT2D eigenvalue weighted by Gasteiger charge is -2.18. The number of benzene rings is 2. The van der Waals surface area contributed by atoms with Gasteiger partial charge in [-0.05, 0) is 31.2 Å². The number of amides is 1. The molecule has 0 radical (unpaired) electrons. The number of hydrogen-bond donors (Lipinski definition) is 0. The lowest BCUT2D eigenvalue weighted by atomic mass is 10.3. The van der Waals surface area contributed by atoms with Crippen LogP contribution in [0, 0.1) is 5.82 Å². The molecule has 2 heterocycles. The molecular formula is C22H18FN3O5S. The molecule has 10 heteroatoms. The van der Waals surface area contributed by atoms with E-state index in [2.05, 4.69) is 4.98 Å². The minimum atomic E-state index is -0.920. The Morgan fingerprint density at radius 2 is 1.94 bits per heavy atom. The number of halogens is 1. The van der Waals surface area contributed by atoms with Crippen molar-refractivity contribution in [2.24, 2.45) is 0 Å². The molecule has 2 aromatic carbocycles. The molecular weight excluding hydrogens is 437 g/mol. The second-order valence-electron chi connectivity index (χ2n) is 6.92. The maximum Gasteiger partial charge on any atom is 0.420 e. The number of para-hydroxylation sites is 3. The van der Waals surface area contributed by atoms with Gasteiger partial charge in [-0.15, -0.1) is 11.3 Å². The van der Waals surface area contributed by atoms with Gasteiger partial charge in [-0.1, -0.05) is 24.3 Å². The highest BCUT2D eigenvalue weighted by Gasteiger charge is 2.24. The van der Waals surface area contributed by atoms with E-state index in [9.17, 15) is 18.8 Å². The van der Waals surface area contributed by atoms with Crippen molar-refractivity contribution >= 4 is 45.1 Å². The lowest BCUT2D eigenvalue weighted by molar-refractivity contribution is -0.148. The lowest BCUT2D eigenvalue weighted by Crippen LogP contribution is -2.26. The van der Waals surface area contributed by atoms with Crippen molar-refractivity contribution in [2.75, 3.05) is 4.90 Å². The third kappa shape index (κ3) is 4.04. The SMILES string of the molecule is CC(=O)N(c1nc(COC(=O)[C@H](C)n2c(=O)oc3ccccc32)cs1)c1ccccc1F. The largest absolute Gasteiger partial charge is 0.458 e. The summed E-state index contributed by atoms with van der Waals surface area (Å²) in [7, 11) is 0. The zero-order valence-corrected chi connectivity index (χ0v) is 18.0. The van der Waals surface area contributed by atoms with E-state index in [-0.39, 0.29) is 17.4 Å². The van der Waals surface area contributed by atoms with E-state index in [1.165, 1.54) is 36.6 Å². The molecule has 4 rings (SSSR count). The van der Waals surface area contributed by atoms with E-state index in [1.807, 2.05) is 0 Å². The molecule has 0 aliphatic carbocycles. The van der Waals surface area contributed by atoms with Gasteiger partial charge in [-0.25, -0.2) is 19.0 Å². The summed E-state index contributed by atoms with van der Waals surface area (Å²) in [5.74, 6) is -2.27. The first kappa shape index (κ1) is 21.4. The van der Waals surface area contributed by atoms with Gasteiger partial charge in [0.15, 0.2) is 10.7 Å². The van der Waals surface area contributed by atoms with Gasteiger partial charge < -0.3 is 9.15 Å². The van der Waals surface area contributed by atoms with Crippen molar-refractivity contribution in [3.63, 3.8) is 0 Å². The molecule has 0 aliphatic rings. The molecule has 0 aliphatic heterocycles. The van der Waals surface area contributed by atoms with E-state index >= 15 is 0 Å². The Kier molecular flexibility index (Phi) is 5.87. The zero-order valence-electron chi connectivity index (χ0n) is 17.1. The summed E-state index contributed by atoms with van der Waals surface area (Å²) in [5.41, 5.74) is 1.33. The summed E-state index contributed by atoms with van der Waals surface area (Å²) in [6.07, 6.45) is 0. The normalized spacial score (nSPS) is 12.0. The monoisotopic (exact) mass is 455 g/mol. The van der Waals surface area contributed by atoms with Crippen LogP contribution in [0.15, 0.2) is 63.1 Å². The van der Waals surface area contributed by atoms with Crippen molar-refractivity contribution in [1.82, 2.24) is 9.55 Å². The Labute approximate surface area is 185 Å². The number of anilines is 2. The maximum atomic E-state index is 14.2. The Morgan fingerprint density at radius 3 is 2.69 bits per heavy atom. The van der Waals surface area contributed by atoms with Crippen LogP contribution < -0.4 is 10.7 Å². The number of oxazole rings is 1. The molecule has 1 atom stereocenters. The maximum absolute atomic E-state index is 14.2. The van der Waals surface area contributed by atoms with Gasteiger partial charge >= 0.3 is 11.7 Å². The highest BCUT2D eigenvalue weighted by Crippen LogP contribution is 2.31. The smallest absolute Gasteiger partial charge is 0.420 e. The predicted octanol–water partition coefficient (Wildman–Crippen LogP) is 4.18. The molecule has 164 valence electrons. The van der Waals surface area contributed by atoms with Gasteiger partial charge in [0.1, 0.15) is 18.5 Å². The van der Waals surface area contributed by atoms with Crippen LogP contribution in [0.25, 0.3) is 11.1 Å². The van der Waals surface area contributed by atoms with Gasteiger partial charge in [0.05, 0.1) is 16.9 Å². The number of carbonyl (C=O) groups is 2. The van der Waals surface area contributed by atoms with E-state index < -0.39 is 29.5 Å². The van der Waals surface area contributed by atoms with Crippen LogP contribution in [-0.2, 0) is 20.9 Å². The topological polar surface area (TPSA) is 94.6 Å². The van der Waals surface area contributed by atoms with Gasteiger partial charge in [-0.3, -0.25) is 14.3 Å². The fourth-order valence-electron chi connectivity index (χ4n) is 3.23. The molecule has 8 nitrogen and oxygen atoms in total. The highest BCUT2D eigenvalue weighted by molar-refractivity contribution is 7.14. The Morgan fingerprint density at radius 1 is 1.22 bits per heavy atom.